The summed E-state index contributed by atoms with van der Waals surface area (Å²) in [5.74, 6) is -0.0946. The van der Waals surface area contributed by atoms with Crippen LogP contribution in [0.15, 0.2) is 23.2 Å². The van der Waals surface area contributed by atoms with E-state index in [4.69, 9.17) is 4.74 Å². The van der Waals surface area contributed by atoms with Crippen LogP contribution in [0.2, 0.25) is 0 Å². The van der Waals surface area contributed by atoms with E-state index < -0.39 is 5.82 Å². The lowest BCUT2D eigenvalue weighted by Crippen LogP contribution is -2.49. The summed E-state index contributed by atoms with van der Waals surface area (Å²) in [6.07, 6.45) is 2.76. The van der Waals surface area contributed by atoms with Crippen molar-refractivity contribution in [2.24, 2.45) is 4.99 Å². The molecule has 2 N–H and O–H groups in total. The molecular weight excluding hydrogens is 477 g/mol. The molecule has 1 fully saturated rings. The van der Waals surface area contributed by atoms with Gasteiger partial charge in [-0.15, -0.1) is 24.0 Å². The lowest BCUT2D eigenvalue weighted by molar-refractivity contribution is 0.0532. The number of guanidine groups is 1. The topological polar surface area (TPSA) is 48.9 Å². The minimum Gasteiger partial charge on any atom is -0.377 e. The highest BCUT2D eigenvalue weighted by Gasteiger charge is 2.19. The van der Waals surface area contributed by atoms with Crippen LogP contribution in [-0.2, 0) is 11.2 Å². The molecule has 5 nitrogen and oxygen atoms in total. The van der Waals surface area contributed by atoms with Crippen LogP contribution >= 0.6 is 24.0 Å². The van der Waals surface area contributed by atoms with Gasteiger partial charge in [0.05, 0.1) is 12.7 Å². The SMILES string of the molecule is CN=C(NCCc1cc(F)ccc1F)NC1CCN(CCOC(C)C)CC1.I. The number of aliphatic imine (C=N–C) groups is 1. The number of halogens is 3. The van der Waals surface area contributed by atoms with Crippen LogP contribution < -0.4 is 10.6 Å². The zero-order valence-electron chi connectivity index (χ0n) is 17.0. The molecule has 1 aliphatic rings. The van der Waals surface area contributed by atoms with E-state index in [9.17, 15) is 8.78 Å². The highest BCUT2D eigenvalue weighted by atomic mass is 127. The fourth-order valence-electron chi connectivity index (χ4n) is 3.16. The van der Waals surface area contributed by atoms with Crippen molar-refractivity contribution in [2.75, 3.05) is 39.8 Å². The minimum absolute atomic E-state index is 0. The predicted octanol–water partition coefficient (Wildman–Crippen LogP) is 3.18. The molecule has 1 aromatic carbocycles. The summed E-state index contributed by atoms with van der Waals surface area (Å²) < 4.78 is 32.5. The molecule has 0 saturated carbocycles. The van der Waals surface area contributed by atoms with Crippen molar-refractivity contribution in [2.45, 2.75) is 45.3 Å². The molecule has 0 spiro atoms. The first-order chi connectivity index (χ1) is 13.0. The molecule has 0 amide bonds. The van der Waals surface area contributed by atoms with E-state index >= 15 is 0 Å². The molecule has 1 aliphatic heterocycles. The first-order valence-electron chi connectivity index (χ1n) is 9.73. The smallest absolute Gasteiger partial charge is 0.191 e. The lowest BCUT2D eigenvalue weighted by Gasteiger charge is -2.33. The van der Waals surface area contributed by atoms with E-state index in [1.807, 2.05) is 0 Å². The molecule has 160 valence electrons. The Balaban J connectivity index is 0.00000392. The van der Waals surface area contributed by atoms with Gasteiger partial charge in [-0.25, -0.2) is 8.78 Å². The maximum Gasteiger partial charge on any atom is 0.191 e. The average molecular weight is 510 g/mol. The lowest BCUT2D eigenvalue weighted by atomic mass is 10.1. The Morgan fingerprint density at radius 2 is 2.00 bits per heavy atom. The van der Waals surface area contributed by atoms with Crippen molar-refractivity contribution in [1.29, 1.82) is 0 Å². The third kappa shape index (κ3) is 9.00. The standard InChI is InChI=1S/C20H32F2N4O.HI/c1-15(2)27-13-12-26-10-7-18(8-11-26)25-20(23-3)24-9-6-16-14-17(21)4-5-19(16)22;/h4-5,14-15,18H,6-13H2,1-3H3,(H2,23,24,25);1H. The highest BCUT2D eigenvalue weighted by Crippen LogP contribution is 2.11. The van der Waals surface area contributed by atoms with E-state index in [0.717, 1.165) is 51.2 Å². The fraction of sp³-hybridized carbons (Fsp3) is 0.650. The third-order valence-corrected chi connectivity index (χ3v) is 4.71. The van der Waals surface area contributed by atoms with Crippen LogP contribution in [0, 0.1) is 11.6 Å². The summed E-state index contributed by atoms with van der Waals surface area (Å²) in [6, 6.07) is 3.90. The molecule has 0 radical (unpaired) electrons. The van der Waals surface area contributed by atoms with Crippen molar-refractivity contribution in [3.05, 3.63) is 35.4 Å². The second-order valence-corrected chi connectivity index (χ2v) is 7.16. The van der Waals surface area contributed by atoms with Crippen molar-refractivity contribution in [3.8, 4) is 0 Å². The summed E-state index contributed by atoms with van der Waals surface area (Å²) in [5.41, 5.74) is 0.370. The van der Waals surface area contributed by atoms with Crippen LogP contribution in [-0.4, -0.2) is 62.8 Å². The fourth-order valence-corrected chi connectivity index (χ4v) is 3.16. The van der Waals surface area contributed by atoms with Gasteiger partial charge in [-0.2, -0.15) is 0 Å². The van der Waals surface area contributed by atoms with Gasteiger partial charge in [0.15, 0.2) is 5.96 Å². The van der Waals surface area contributed by atoms with E-state index in [1.165, 1.54) is 6.07 Å². The molecule has 1 aromatic rings. The average Bonchev–Trinajstić information content (AvgIpc) is 2.64. The number of hydrogen-bond acceptors (Lipinski definition) is 3. The number of ether oxygens (including phenoxy) is 1. The van der Waals surface area contributed by atoms with Gasteiger partial charge in [-0.1, -0.05) is 0 Å². The number of nitrogens with zero attached hydrogens (tertiary/aromatic N) is 2. The maximum atomic E-state index is 13.7. The Bertz CT molecular complexity index is 608. The molecule has 0 atom stereocenters. The Kier molecular flexibility index (Phi) is 11.9. The Hall–Kier alpha value is -1.00. The maximum absolute atomic E-state index is 13.7. The molecule has 1 heterocycles. The molecule has 0 unspecified atom stereocenters. The van der Waals surface area contributed by atoms with Crippen molar-refractivity contribution in [3.63, 3.8) is 0 Å². The van der Waals surface area contributed by atoms with Crippen LogP contribution in [0.5, 0.6) is 0 Å². The van der Waals surface area contributed by atoms with Gasteiger partial charge in [0.25, 0.3) is 0 Å². The Labute approximate surface area is 184 Å². The van der Waals surface area contributed by atoms with Crippen LogP contribution in [0.25, 0.3) is 0 Å². The summed E-state index contributed by atoms with van der Waals surface area (Å²) in [4.78, 5) is 6.65. The van der Waals surface area contributed by atoms with Crippen LogP contribution in [0.1, 0.15) is 32.3 Å². The van der Waals surface area contributed by atoms with Crippen LogP contribution in [0.4, 0.5) is 8.78 Å². The Morgan fingerprint density at radius 1 is 1.29 bits per heavy atom. The second-order valence-electron chi connectivity index (χ2n) is 7.16. The molecule has 0 bridgehead atoms. The normalized spacial score (nSPS) is 16.1. The second kappa shape index (κ2) is 13.3. The van der Waals surface area contributed by atoms with Crippen molar-refractivity contribution in [1.82, 2.24) is 15.5 Å². The minimum atomic E-state index is -0.417. The molecule has 1 saturated heterocycles. The third-order valence-electron chi connectivity index (χ3n) is 4.71. The zero-order chi connectivity index (χ0) is 19.6. The monoisotopic (exact) mass is 510 g/mol. The Morgan fingerprint density at radius 3 is 2.64 bits per heavy atom. The van der Waals surface area contributed by atoms with Crippen LogP contribution in [0.3, 0.4) is 0 Å². The van der Waals surface area contributed by atoms with Gasteiger partial charge in [-0.05, 0) is 56.9 Å². The number of benzene rings is 1. The van der Waals surface area contributed by atoms with E-state index in [2.05, 4.69) is 34.4 Å². The van der Waals surface area contributed by atoms with E-state index in [-0.39, 0.29) is 35.9 Å². The quantitative estimate of drug-likeness (QED) is 0.321. The van der Waals surface area contributed by atoms with Gasteiger partial charge >= 0.3 is 0 Å². The predicted molar refractivity (Wildman–Crippen MR) is 121 cm³/mol. The van der Waals surface area contributed by atoms with Gasteiger partial charge in [-0.3, -0.25) is 4.99 Å². The number of likely N-dealkylation sites (tertiary alicyclic amines) is 1. The zero-order valence-corrected chi connectivity index (χ0v) is 19.3. The first-order valence-corrected chi connectivity index (χ1v) is 9.73. The molecule has 28 heavy (non-hydrogen) atoms. The summed E-state index contributed by atoms with van der Waals surface area (Å²) >= 11 is 0. The van der Waals surface area contributed by atoms with E-state index in [1.54, 1.807) is 7.05 Å². The number of nitrogens with one attached hydrogen (secondary N) is 2. The molecule has 0 aromatic heterocycles. The largest absolute Gasteiger partial charge is 0.377 e. The molecular formula is C20H33F2IN4O. The number of rotatable bonds is 8. The van der Waals surface area contributed by atoms with Gasteiger partial charge in [0.2, 0.25) is 0 Å². The summed E-state index contributed by atoms with van der Waals surface area (Å²) in [6.45, 7) is 8.41. The van der Waals surface area contributed by atoms with Gasteiger partial charge in [0.1, 0.15) is 11.6 Å². The van der Waals surface area contributed by atoms with Gasteiger partial charge < -0.3 is 20.3 Å². The van der Waals surface area contributed by atoms with Crippen molar-refractivity contribution < 1.29 is 13.5 Å². The molecule has 0 aliphatic carbocycles. The molecule has 8 heteroatoms. The van der Waals surface area contributed by atoms with Gasteiger partial charge in [0, 0.05) is 39.3 Å². The molecule has 2 rings (SSSR count). The highest BCUT2D eigenvalue weighted by molar-refractivity contribution is 14.0. The van der Waals surface area contributed by atoms with E-state index in [0.29, 0.717) is 30.5 Å². The first kappa shape index (κ1) is 25.0. The number of piperidine rings is 1. The number of hydrogen-bond donors (Lipinski definition) is 2. The summed E-state index contributed by atoms with van der Waals surface area (Å²) in [7, 11) is 1.72. The van der Waals surface area contributed by atoms with Crippen molar-refractivity contribution >= 4 is 29.9 Å². The summed E-state index contributed by atoms with van der Waals surface area (Å²) in [5, 5.41) is 6.61.